The molecule has 0 atom stereocenters. The smallest absolute Gasteiger partial charge is 0.345 e. The van der Waals surface area contributed by atoms with Crippen LogP contribution in [0.15, 0.2) is 24.3 Å². The van der Waals surface area contributed by atoms with Crippen molar-refractivity contribution in [3.63, 3.8) is 0 Å². The van der Waals surface area contributed by atoms with Crippen LogP contribution in [0, 0.1) is 6.92 Å². The normalized spacial score (nSPS) is 18.5. The number of carbonyl (C=O) groups is 1. The minimum absolute atomic E-state index is 0.187. The van der Waals surface area contributed by atoms with Crippen molar-refractivity contribution in [1.29, 1.82) is 0 Å². The summed E-state index contributed by atoms with van der Waals surface area (Å²) in [6.45, 7) is 13.7. The van der Waals surface area contributed by atoms with E-state index in [4.69, 9.17) is 5.11 Å². The molecule has 0 spiro atoms. The summed E-state index contributed by atoms with van der Waals surface area (Å²) in [7, 11) is 0. The van der Waals surface area contributed by atoms with E-state index in [1.54, 1.807) is 6.07 Å². The summed E-state index contributed by atoms with van der Waals surface area (Å²) in [4.78, 5) is 12.5. The second-order valence-corrected chi connectivity index (χ2v) is 9.93. The van der Waals surface area contributed by atoms with Crippen molar-refractivity contribution < 1.29 is 9.90 Å². The Morgan fingerprint density at radius 2 is 1.65 bits per heavy atom. The third-order valence-electron chi connectivity index (χ3n) is 5.82. The number of hydrogen-bond donors (Lipinski definition) is 1. The van der Waals surface area contributed by atoms with Gasteiger partial charge >= 0.3 is 5.97 Å². The SMILES string of the molecule is C/C(=C\c1ccc(C(=O)O)s1)c1cc2c(cc1C)C(C)(C)CCC2(C)C. The molecule has 26 heavy (non-hydrogen) atoms. The first-order chi connectivity index (χ1) is 12.0. The molecule has 138 valence electrons. The lowest BCUT2D eigenvalue weighted by atomic mass is 9.62. The van der Waals surface area contributed by atoms with Crippen LogP contribution in [0.1, 0.15) is 84.3 Å². The predicted molar refractivity (Wildman–Crippen MR) is 111 cm³/mol. The molecule has 3 heteroatoms. The summed E-state index contributed by atoms with van der Waals surface area (Å²) in [5.74, 6) is -0.860. The molecule has 1 heterocycles. The van der Waals surface area contributed by atoms with Gasteiger partial charge < -0.3 is 5.11 Å². The van der Waals surface area contributed by atoms with Crippen LogP contribution in [-0.2, 0) is 10.8 Å². The fraction of sp³-hybridized carbons (Fsp3) is 0.435. The lowest BCUT2D eigenvalue weighted by Crippen LogP contribution is -2.34. The quantitative estimate of drug-likeness (QED) is 0.657. The Morgan fingerprint density at radius 3 is 2.19 bits per heavy atom. The average molecular weight is 369 g/mol. The molecule has 3 rings (SSSR count). The van der Waals surface area contributed by atoms with Gasteiger partial charge in [0.05, 0.1) is 0 Å². The number of carboxylic acids is 1. The summed E-state index contributed by atoms with van der Waals surface area (Å²) in [6, 6.07) is 8.32. The van der Waals surface area contributed by atoms with Crippen molar-refractivity contribution in [2.75, 3.05) is 0 Å². The van der Waals surface area contributed by atoms with E-state index in [0.29, 0.717) is 4.88 Å². The number of rotatable bonds is 3. The molecule has 1 aromatic carbocycles. The molecule has 1 aliphatic carbocycles. The lowest BCUT2D eigenvalue weighted by molar-refractivity contribution is 0.0702. The molecule has 0 unspecified atom stereocenters. The largest absolute Gasteiger partial charge is 0.477 e. The van der Waals surface area contributed by atoms with E-state index >= 15 is 0 Å². The van der Waals surface area contributed by atoms with Crippen LogP contribution in [0.2, 0.25) is 0 Å². The second-order valence-electron chi connectivity index (χ2n) is 8.81. The van der Waals surface area contributed by atoms with Crippen molar-refractivity contribution in [2.24, 2.45) is 0 Å². The Kier molecular flexibility index (Phi) is 4.64. The van der Waals surface area contributed by atoms with E-state index in [0.717, 1.165) is 4.88 Å². The molecule has 0 radical (unpaired) electrons. The maximum absolute atomic E-state index is 11.1. The zero-order chi connectivity index (χ0) is 19.3. The summed E-state index contributed by atoms with van der Waals surface area (Å²) < 4.78 is 0. The lowest BCUT2D eigenvalue weighted by Gasteiger charge is -2.42. The van der Waals surface area contributed by atoms with Gasteiger partial charge in [-0.1, -0.05) is 39.8 Å². The first-order valence-electron chi connectivity index (χ1n) is 9.19. The fourth-order valence-electron chi connectivity index (χ4n) is 3.98. The van der Waals surface area contributed by atoms with Gasteiger partial charge in [0, 0.05) is 4.88 Å². The van der Waals surface area contributed by atoms with Crippen LogP contribution >= 0.6 is 11.3 Å². The van der Waals surface area contributed by atoms with Crippen molar-refractivity contribution in [1.82, 2.24) is 0 Å². The Balaban J connectivity index is 2.08. The zero-order valence-electron chi connectivity index (χ0n) is 16.6. The molecule has 0 saturated heterocycles. The Labute approximate surface area is 160 Å². The number of thiophene rings is 1. The molecule has 0 aliphatic heterocycles. The molecule has 1 aliphatic rings. The Hall–Kier alpha value is -1.87. The fourth-order valence-corrected chi connectivity index (χ4v) is 4.83. The van der Waals surface area contributed by atoms with Crippen molar-refractivity contribution in [3.05, 3.63) is 56.3 Å². The Morgan fingerprint density at radius 1 is 1.08 bits per heavy atom. The molecule has 0 amide bonds. The highest BCUT2D eigenvalue weighted by molar-refractivity contribution is 7.14. The van der Waals surface area contributed by atoms with Gasteiger partial charge in [0.15, 0.2) is 0 Å². The first kappa shape index (κ1) is 18.9. The minimum atomic E-state index is -0.860. The summed E-state index contributed by atoms with van der Waals surface area (Å²) >= 11 is 1.32. The van der Waals surface area contributed by atoms with Crippen molar-refractivity contribution >= 4 is 29.0 Å². The maximum Gasteiger partial charge on any atom is 0.345 e. The molecule has 2 nitrogen and oxygen atoms in total. The van der Waals surface area contributed by atoms with Crippen LogP contribution in [-0.4, -0.2) is 11.1 Å². The number of aryl methyl sites for hydroxylation is 1. The summed E-state index contributed by atoms with van der Waals surface area (Å²) in [5, 5.41) is 9.12. The van der Waals surface area contributed by atoms with Crippen LogP contribution < -0.4 is 0 Å². The number of aromatic carboxylic acids is 1. The van der Waals surface area contributed by atoms with Crippen LogP contribution in [0.5, 0.6) is 0 Å². The van der Waals surface area contributed by atoms with Crippen molar-refractivity contribution in [3.8, 4) is 0 Å². The van der Waals surface area contributed by atoms with Gasteiger partial charge in [-0.25, -0.2) is 4.79 Å². The predicted octanol–water partition coefficient (Wildman–Crippen LogP) is 6.66. The van der Waals surface area contributed by atoms with Crippen LogP contribution in [0.3, 0.4) is 0 Å². The van der Waals surface area contributed by atoms with Gasteiger partial charge in [0.25, 0.3) is 0 Å². The topological polar surface area (TPSA) is 37.3 Å². The van der Waals surface area contributed by atoms with Crippen LogP contribution in [0.25, 0.3) is 11.6 Å². The number of benzene rings is 1. The van der Waals surface area contributed by atoms with Crippen LogP contribution in [0.4, 0.5) is 0 Å². The van der Waals surface area contributed by atoms with Gasteiger partial charge in [0.2, 0.25) is 0 Å². The maximum atomic E-state index is 11.1. The highest BCUT2D eigenvalue weighted by Crippen LogP contribution is 2.47. The van der Waals surface area contributed by atoms with E-state index in [1.165, 1.54) is 52.0 Å². The van der Waals surface area contributed by atoms with Gasteiger partial charge in [-0.05, 0) is 83.6 Å². The van der Waals surface area contributed by atoms with Gasteiger partial charge in [-0.2, -0.15) is 0 Å². The third kappa shape index (κ3) is 3.37. The summed E-state index contributed by atoms with van der Waals surface area (Å²) in [5.41, 5.74) is 7.08. The molecule has 0 bridgehead atoms. The number of allylic oxidation sites excluding steroid dienone is 1. The van der Waals surface area contributed by atoms with E-state index < -0.39 is 5.97 Å². The van der Waals surface area contributed by atoms with E-state index in [1.807, 2.05) is 6.07 Å². The van der Waals surface area contributed by atoms with Gasteiger partial charge in [0.1, 0.15) is 4.88 Å². The summed E-state index contributed by atoms with van der Waals surface area (Å²) in [6.07, 6.45) is 4.52. The monoisotopic (exact) mass is 368 g/mol. The highest BCUT2D eigenvalue weighted by atomic mass is 32.1. The van der Waals surface area contributed by atoms with E-state index in [-0.39, 0.29) is 10.8 Å². The first-order valence-corrected chi connectivity index (χ1v) is 10.0. The number of fused-ring (bicyclic) bond motifs is 1. The molecular formula is C23H28O2S. The van der Waals surface area contributed by atoms with Crippen molar-refractivity contribution in [2.45, 2.75) is 65.2 Å². The zero-order valence-corrected chi connectivity index (χ0v) is 17.4. The molecular weight excluding hydrogens is 340 g/mol. The minimum Gasteiger partial charge on any atom is -0.477 e. The van der Waals surface area contributed by atoms with E-state index in [9.17, 15) is 4.79 Å². The standard InChI is InChI=1S/C23H28O2S/c1-14(11-16-7-8-20(26-16)21(24)25)17-13-19-18(12-15(17)2)22(3,4)9-10-23(19,5)6/h7-8,11-13H,9-10H2,1-6H3,(H,24,25)/b14-11+. The highest BCUT2D eigenvalue weighted by Gasteiger charge is 2.37. The number of hydrogen-bond acceptors (Lipinski definition) is 2. The molecule has 0 saturated carbocycles. The Bertz CT molecular complexity index is 897. The molecule has 0 fully saturated rings. The average Bonchev–Trinajstić information content (AvgIpc) is 3.00. The van der Waals surface area contributed by atoms with E-state index in [2.05, 4.69) is 59.8 Å². The van der Waals surface area contributed by atoms with Gasteiger partial charge in [-0.15, -0.1) is 11.3 Å². The molecule has 1 aromatic heterocycles. The molecule has 1 N–H and O–H groups in total. The second kappa shape index (κ2) is 6.38. The van der Waals surface area contributed by atoms with Gasteiger partial charge in [-0.3, -0.25) is 0 Å². The third-order valence-corrected chi connectivity index (χ3v) is 6.84. The number of carboxylic acid groups (broad SMARTS) is 1. The molecule has 2 aromatic rings.